The first-order chi connectivity index (χ1) is 10.3. The van der Waals surface area contributed by atoms with E-state index in [0.29, 0.717) is 6.61 Å². The van der Waals surface area contributed by atoms with Gasteiger partial charge in [0.05, 0.1) is 12.1 Å². The normalized spacial score (nSPS) is 23.8. The molecule has 122 valence electrons. The van der Waals surface area contributed by atoms with Crippen molar-refractivity contribution in [2.45, 2.75) is 25.0 Å². The van der Waals surface area contributed by atoms with Crippen molar-refractivity contribution in [2.24, 2.45) is 0 Å². The molecule has 0 radical (unpaired) electrons. The smallest absolute Gasteiger partial charge is 0.242 e. The monoisotopic (exact) mass is 344 g/mol. The Labute approximate surface area is 140 Å². The quantitative estimate of drug-likeness (QED) is 0.858. The molecule has 2 atom stereocenters. The first-order valence-electron chi connectivity index (χ1n) is 7.28. The molecule has 2 unspecified atom stereocenters. The molecule has 2 N–H and O–H groups in total. The Morgan fingerprint density at radius 3 is 3.14 bits per heavy atom. The van der Waals surface area contributed by atoms with E-state index in [-0.39, 0.29) is 30.5 Å². The van der Waals surface area contributed by atoms with Crippen molar-refractivity contribution in [3.63, 3.8) is 0 Å². The van der Waals surface area contributed by atoms with Gasteiger partial charge in [-0.05, 0) is 25.0 Å². The van der Waals surface area contributed by atoms with Crippen molar-refractivity contribution in [1.29, 1.82) is 0 Å². The maximum absolute atomic E-state index is 12.0. The van der Waals surface area contributed by atoms with Crippen LogP contribution in [0.4, 0.5) is 5.69 Å². The number of carbonyl (C=O) groups excluding carboxylic acids is 1. The number of rotatable bonds is 5. The van der Waals surface area contributed by atoms with Crippen LogP contribution in [0.2, 0.25) is 0 Å². The zero-order valence-corrected chi connectivity index (χ0v) is 13.9. The minimum atomic E-state index is -0.105. The second-order valence-electron chi connectivity index (χ2n) is 5.23. The first kappa shape index (κ1) is 17.4. The summed E-state index contributed by atoms with van der Waals surface area (Å²) >= 11 is 1.74. The van der Waals surface area contributed by atoms with Crippen LogP contribution in [-0.4, -0.2) is 42.9 Å². The Bertz CT molecular complexity index is 491. The van der Waals surface area contributed by atoms with Crippen LogP contribution in [0.3, 0.4) is 0 Å². The van der Waals surface area contributed by atoms with Crippen LogP contribution < -0.4 is 15.4 Å². The molecule has 2 fully saturated rings. The molecular weight excluding hydrogens is 324 g/mol. The molecule has 2 aliphatic rings. The number of hydrogen-bond donors (Lipinski definition) is 2. The van der Waals surface area contributed by atoms with Crippen molar-refractivity contribution < 1.29 is 14.3 Å². The Morgan fingerprint density at radius 1 is 1.50 bits per heavy atom. The fourth-order valence-corrected chi connectivity index (χ4v) is 3.36. The van der Waals surface area contributed by atoms with Gasteiger partial charge in [0.15, 0.2) is 0 Å². The van der Waals surface area contributed by atoms with Crippen LogP contribution in [0.25, 0.3) is 0 Å². The van der Waals surface area contributed by atoms with E-state index in [9.17, 15) is 4.79 Å². The van der Waals surface area contributed by atoms with E-state index in [4.69, 9.17) is 9.47 Å². The lowest BCUT2D eigenvalue weighted by molar-refractivity contribution is -0.117. The van der Waals surface area contributed by atoms with Gasteiger partial charge in [-0.1, -0.05) is 6.07 Å². The van der Waals surface area contributed by atoms with Crippen LogP contribution in [-0.2, 0) is 9.53 Å². The molecule has 3 rings (SSSR count). The van der Waals surface area contributed by atoms with E-state index in [1.807, 2.05) is 24.3 Å². The van der Waals surface area contributed by atoms with Gasteiger partial charge in [0, 0.05) is 30.0 Å². The zero-order valence-electron chi connectivity index (χ0n) is 12.2. The van der Waals surface area contributed by atoms with E-state index in [2.05, 4.69) is 10.6 Å². The summed E-state index contributed by atoms with van der Waals surface area (Å²) in [5.41, 5.74) is 0.767. The fraction of sp³-hybridized carbons (Fsp3) is 0.533. The first-order valence-corrected chi connectivity index (χ1v) is 8.43. The molecule has 2 saturated heterocycles. The van der Waals surface area contributed by atoms with Gasteiger partial charge < -0.3 is 14.8 Å². The van der Waals surface area contributed by atoms with Gasteiger partial charge in [-0.2, -0.15) is 0 Å². The summed E-state index contributed by atoms with van der Waals surface area (Å²) in [6.07, 6.45) is 2.36. The van der Waals surface area contributed by atoms with Crippen LogP contribution in [0.15, 0.2) is 24.3 Å². The SMILES string of the molecule is Cl.O=C(Nc1cccc(OCC2CCCO2)c1)C1CSCN1. The minimum absolute atomic E-state index is 0. The number of nitrogens with one attached hydrogen (secondary N) is 2. The number of hydrogen-bond acceptors (Lipinski definition) is 5. The lowest BCUT2D eigenvalue weighted by Crippen LogP contribution is -2.37. The lowest BCUT2D eigenvalue weighted by atomic mass is 10.2. The number of carbonyl (C=O) groups is 1. The van der Waals surface area contributed by atoms with Gasteiger partial charge in [0.2, 0.25) is 5.91 Å². The number of anilines is 1. The Kier molecular flexibility index (Phi) is 6.82. The predicted molar refractivity (Wildman–Crippen MR) is 91.0 cm³/mol. The molecule has 0 bridgehead atoms. The molecule has 1 amide bonds. The van der Waals surface area contributed by atoms with Gasteiger partial charge >= 0.3 is 0 Å². The molecule has 2 aliphatic heterocycles. The second-order valence-corrected chi connectivity index (χ2v) is 6.27. The van der Waals surface area contributed by atoms with Gasteiger partial charge in [-0.25, -0.2) is 0 Å². The highest BCUT2D eigenvalue weighted by molar-refractivity contribution is 7.99. The molecule has 0 saturated carbocycles. The Hall–Kier alpha value is -0.950. The molecule has 5 nitrogen and oxygen atoms in total. The molecule has 1 aromatic rings. The molecular formula is C15H21ClN2O3S. The number of thioether (sulfide) groups is 1. The maximum atomic E-state index is 12.0. The number of ether oxygens (including phenoxy) is 2. The Morgan fingerprint density at radius 2 is 2.41 bits per heavy atom. The summed E-state index contributed by atoms with van der Waals surface area (Å²) in [7, 11) is 0. The lowest BCUT2D eigenvalue weighted by Gasteiger charge is -2.14. The van der Waals surface area contributed by atoms with Crippen LogP contribution in [0, 0.1) is 0 Å². The average molecular weight is 345 g/mol. The van der Waals surface area contributed by atoms with Crippen molar-refractivity contribution in [2.75, 3.05) is 30.2 Å². The van der Waals surface area contributed by atoms with E-state index in [1.54, 1.807) is 11.8 Å². The predicted octanol–water partition coefficient (Wildman–Crippen LogP) is 2.27. The number of halogens is 1. The van der Waals surface area contributed by atoms with Gasteiger partial charge in [0.25, 0.3) is 0 Å². The van der Waals surface area contributed by atoms with Crippen molar-refractivity contribution >= 4 is 35.8 Å². The highest BCUT2D eigenvalue weighted by Gasteiger charge is 2.22. The molecule has 1 aromatic carbocycles. The van der Waals surface area contributed by atoms with E-state index < -0.39 is 0 Å². The maximum Gasteiger partial charge on any atom is 0.242 e. The number of benzene rings is 1. The summed E-state index contributed by atoms with van der Waals surface area (Å²) in [5.74, 6) is 2.43. The highest BCUT2D eigenvalue weighted by atomic mass is 35.5. The van der Waals surface area contributed by atoms with Crippen LogP contribution >= 0.6 is 24.2 Å². The third-order valence-electron chi connectivity index (χ3n) is 3.59. The summed E-state index contributed by atoms with van der Waals surface area (Å²) in [5, 5.41) is 6.08. The summed E-state index contributed by atoms with van der Waals surface area (Å²) < 4.78 is 11.3. The average Bonchev–Trinajstić information content (AvgIpc) is 3.19. The third-order valence-corrected chi connectivity index (χ3v) is 4.53. The van der Waals surface area contributed by atoms with Gasteiger partial charge in [-0.15, -0.1) is 24.2 Å². The van der Waals surface area contributed by atoms with Crippen LogP contribution in [0.5, 0.6) is 5.75 Å². The van der Waals surface area contributed by atoms with E-state index in [0.717, 1.165) is 42.5 Å². The summed E-state index contributed by atoms with van der Waals surface area (Å²) in [6, 6.07) is 7.41. The third kappa shape index (κ3) is 4.78. The summed E-state index contributed by atoms with van der Waals surface area (Å²) in [6.45, 7) is 1.40. The minimum Gasteiger partial charge on any atom is -0.491 e. The molecule has 2 heterocycles. The van der Waals surface area contributed by atoms with E-state index in [1.165, 1.54) is 0 Å². The second kappa shape index (κ2) is 8.62. The van der Waals surface area contributed by atoms with Crippen molar-refractivity contribution in [1.82, 2.24) is 5.32 Å². The molecule has 22 heavy (non-hydrogen) atoms. The standard InChI is InChI=1S/C15H20N2O3S.ClH/c18-15(14-9-21-10-16-14)17-11-3-1-4-12(7-11)20-8-13-5-2-6-19-13;/h1,3-4,7,13-14,16H,2,5-6,8-10H2,(H,17,18);1H. The topological polar surface area (TPSA) is 59.6 Å². The largest absolute Gasteiger partial charge is 0.491 e. The summed E-state index contributed by atoms with van der Waals surface area (Å²) in [4.78, 5) is 12.0. The zero-order chi connectivity index (χ0) is 14.5. The van der Waals surface area contributed by atoms with Crippen molar-refractivity contribution in [3.05, 3.63) is 24.3 Å². The molecule has 7 heteroatoms. The van der Waals surface area contributed by atoms with Crippen molar-refractivity contribution in [3.8, 4) is 5.75 Å². The fourth-order valence-electron chi connectivity index (χ4n) is 2.42. The highest BCUT2D eigenvalue weighted by Crippen LogP contribution is 2.20. The molecule has 0 spiro atoms. The van der Waals surface area contributed by atoms with E-state index >= 15 is 0 Å². The Balaban J connectivity index is 0.00000176. The molecule has 0 aromatic heterocycles. The van der Waals surface area contributed by atoms with Gasteiger partial charge in [0.1, 0.15) is 12.4 Å². The number of amides is 1. The van der Waals surface area contributed by atoms with Crippen LogP contribution in [0.1, 0.15) is 12.8 Å². The van der Waals surface area contributed by atoms with Gasteiger partial charge in [-0.3, -0.25) is 10.1 Å². The molecule has 0 aliphatic carbocycles.